The van der Waals surface area contributed by atoms with E-state index >= 15 is 0 Å². The van der Waals surface area contributed by atoms with Gasteiger partial charge < -0.3 is 5.32 Å². The van der Waals surface area contributed by atoms with Crippen molar-refractivity contribution in [1.82, 2.24) is 0 Å². The van der Waals surface area contributed by atoms with Crippen LogP contribution in [0.25, 0.3) is 0 Å². The molecular weight excluding hydrogens is 311 g/mol. The molecule has 4 nitrogen and oxygen atoms in total. The summed E-state index contributed by atoms with van der Waals surface area (Å²) < 4.78 is 12.9. The van der Waals surface area contributed by atoms with Crippen LogP contribution in [0.4, 0.5) is 10.1 Å². The number of hydrogen-bond donors (Lipinski definition) is 1. The Labute approximate surface area is 137 Å². The topological polar surface area (TPSA) is 83.4 Å². The third kappa shape index (κ3) is 4.35. The van der Waals surface area contributed by atoms with Gasteiger partial charge >= 0.3 is 0 Å². The van der Waals surface area contributed by atoms with Crippen LogP contribution in [-0.2, 0) is 0 Å². The molecular formula is C17H9FN4S. The molecule has 6 heteroatoms. The van der Waals surface area contributed by atoms with Crippen LogP contribution in [0.3, 0.4) is 0 Å². The molecule has 110 valence electrons. The minimum Gasteiger partial charge on any atom is -0.345 e. The van der Waals surface area contributed by atoms with E-state index in [0.717, 1.165) is 9.79 Å². The van der Waals surface area contributed by atoms with Crippen molar-refractivity contribution >= 4 is 17.4 Å². The van der Waals surface area contributed by atoms with Crippen LogP contribution in [0, 0.1) is 39.8 Å². The van der Waals surface area contributed by atoms with Gasteiger partial charge in [-0.2, -0.15) is 15.8 Å². The second-order valence-electron chi connectivity index (χ2n) is 4.29. The highest BCUT2D eigenvalue weighted by atomic mass is 32.2. The fourth-order valence-corrected chi connectivity index (χ4v) is 2.49. The number of anilines is 1. The number of allylic oxidation sites excluding steroid dienone is 2. The Hall–Kier alpha value is -3.27. The summed E-state index contributed by atoms with van der Waals surface area (Å²) >= 11 is 1.47. The summed E-state index contributed by atoms with van der Waals surface area (Å²) in [6.07, 6.45) is 0. The van der Waals surface area contributed by atoms with Crippen molar-refractivity contribution in [3.8, 4) is 18.2 Å². The molecule has 2 rings (SSSR count). The van der Waals surface area contributed by atoms with E-state index in [2.05, 4.69) is 5.32 Å². The first-order valence-corrected chi connectivity index (χ1v) is 7.23. The number of hydrogen-bond acceptors (Lipinski definition) is 5. The van der Waals surface area contributed by atoms with Gasteiger partial charge in [0.25, 0.3) is 0 Å². The Bertz CT molecular complexity index is 834. The van der Waals surface area contributed by atoms with Gasteiger partial charge in [0, 0.05) is 15.5 Å². The molecule has 0 saturated carbocycles. The van der Waals surface area contributed by atoms with Crippen molar-refractivity contribution in [3.63, 3.8) is 0 Å². The summed E-state index contributed by atoms with van der Waals surface area (Å²) in [5, 5.41) is 29.3. The maximum absolute atomic E-state index is 12.9. The van der Waals surface area contributed by atoms with E-state index in [9.17, 15) is 4.39 Å². The van der Waals surface area contributed by atoms with Crippen LogP contribution in [0.15, 0.2) is 69.6 Å². The summed E-state index contributed by atoms with van der Waals surface area (Å²) in [6.45, 7) is 0. The smallest absolute Gasteiger partial charge is 0.163 e. The lowest BCUT2D eigenvalue weighted by atomic mass is 10.2. The molecule has 0 bridgehead atoms. The first kappa shape index (κ1) is 16.1. The molecule has 0 radical (unpaired) electrons. The zero-order chi connectivity index (χ0) is 16.7. The normalized spacial score (nSPS) is 9.13. The van der Waals surface area contributed by atoms with Gasteiger partial charge in [0.15, 0.2) is 5.57 Å². The highest BCUT2D eigenvalue weighted by Gasteiger charge is 2.06. The summed E-state index contributed by atoms with van der Waals surface area (Å²) in [6, 6.07) is 18.4. The second kappa shape index (κ2) is 7.66. The van der Waals surface area contributed by atoms with Crippen LogP contribution in [0.2, 0.25) is 0 Å². The fraction of sp³-hybridized carbons (Fsp3) is 0. The highest BCUT2D eigenvalue weighted by Crippen LogP contribution is 2.28. The maximum Gasteiger partial charge on any atom is 0.163 e. The standard InChI is InChI=1S/C17H9FN4S/c18-13-1-5-15(6-2-13)23-16-7-3-14(4-8-16)22-17(11-21)12(9-19)10-20/h1-8,22H. The van der Waals surface area contributed by atoms with Gasteiger partial charge in [-0.05, 0) is 48.5 Å². The molecule has 0 heterocycles. The van der Waals surface area contributed by atoms with E-state index in [1.165, 1.54) is 23.9 Å². The number of rotatable bonds is 4. The lowest BCUT2D eigenvalue weighted by molar-refractivity contribution is 0.626. The van der Waals surface area contributed by atoms with Gasteiger partial charge in [0.05, 0.1) is 0 Å². The first-order valence-electron chi connectivity index (χ1n) is 6.41. The average Bonchev–Trinajstić information content (AvgIpc) is 2.58. The van der Waals surface area contributed by atoms with Crippen LogP contribution in [0.1, 0.15) is 0 Å². The lowest BCUT2D eigenvalue weighted by Gasteiger charge is -2.06. The van der Waals surface area contributed by atoms with E-state index in [1.54, 1.807) is 42.5 Å². The maximum atomic E-state index is 12.9. The van der Waals surface area contributed by atoms with Gasteiger partial charge in [-0.25, -0.2) is 4.39 Å². The minimum atomic E-state index is -0.282. The third-order valence-electron chi connectivity index (χ3n) is 2.76. The van der Waals surface area contributed by atoms with Gasteiger partial charge in [0.2, 0.25) is 0 Å². The molecule has 0 amide bonds. The Morgan fingerprint density at radius 3 is 1.83 bits per heavy atom. The molecule has 0 aliphatic heterocycles. The SMILES string of the molecule is N#CC(C#N)=C(C#N)Nc1ccc(Sc2ccc(F)cc2)cc1. The number of nitriles is 3. The van der Waals surface area contributed by atoms with E-state index < -0.39 is 0 Å². The van der Waals surface area contributed by atoms with Crippen LogP contribution in [-0.4, -0.2) is 0 Å². The van der Waals surface area contributed by atoms with Crippen LogP contribution in [0.5, 0.6) is 0 Å². The predicted molar refractivity (Wildman–Crippen MR) is 84.5 cm³/mol. The molecule has 23 heavy (non-hydrogen) atoms. The molecule has 0 aromatic heterocycles. The predicted octanol–water partition coefficient (Wildman–Crippen LogP) is 4.21. The molecule has 0 unspecified atom stereocenters. The molecule has 0 atom stereocenters. The van der Waals surface area contributed by atoms with Crippen LogP contribution >= 0.6 is 11.8 Å². The zero-order valence-corrected chi connectivity index (χ0v) is 12.6. The molecule has 0 aliphatic rings. The summed E-state index contributed by atoms with van der Waals surface area (Å²) in [5.41, 5.74) is 0.235. The van der Waals surface area contributed by atoms with Gasteiger partial charge in [-0.15, -0.1) is 0 Å². The van der Waals surface area contributed by atoms with E-state index in [4.69, 9.17) is 15.8 Å². The number of nitrogens with one attached hydrogen (secondary N) is 1. The fourth-order valence-electron chi connectivity index (χ4n) is 1.67. The molecule has 2 aromatic rings. The first-order chi connectivity index (χ1) is 11.2. The Balaban J connectivity index is 2.13. The second-order valence-corrected chi connectivity index (χ2v) is 5.44. The van der Waals surface area contributed by atoms with Gasteiger partial charge in [-0.3, -0.25) is 0 Å². The average molecular weight is 320 g/mol. The summed E-state index contributed by atoms with van der Waals surface area (Å²) in [5.74, 6) is -0.282. The Kier molecular flexibility index (Phi) is 5.36. The summed E-state index contributed by atoms with van der Waals surface area (Å²) in [4.78, 5) is 1.84. The van der Waals surface area contributed by atoms with E-state index in [-0.39, 0.29) is 17.1 Å². The zero-order valence-electron chi connectivity index (χ0n) is 11.7. The Morgan fingerprint density at radius 2 is 1.35 bits per heavy atom. The number of benzene rings is 2. The molecule has 0 aliphatic carbocycles. The number of nitrogens with zero attached hydrogens (tertiary/aromatic N) is 3. The van der Waals surface area contributed by atoms with E-state index in [0.29, 0.717) is 5.69 Å². The largest absolute Gasteiger partial charge is 0.345 e. The van der Waals surface area contributed by atoms with Gasteiger partial charge in [-0.1, -0.05) is 11.8 Å². The third-order valence-corrected chi connectivity index (χ3v) is 3.77. The van der Waals surface area contributed by atoms with Gasteiger partial charge in [0.1, 0.15) is 29.7 Å². The molecule has 0 saturated heterocycles. The molecule has 1 N–H and O–H groups in total. The lowest BCUT2D eigenvalue weighted by Crippen LogP contribution is -2.00. The monoisotopic (exact) mass is 320 g/mol. The number of halogens is 1. The van der Waals surface area contributed by atoms with Crippen molar-refractivity contribution in [2.45, 2.75) is 9.79 Å². The molecule has 2 aromatic carbocycles. The minimum absolute atomic E-state index is 0.0889. The Morgan fingerprint density at radius 1 is 0.826 bits per heavy atom. The molecule has 0 fully saturated rings. The van der Waals surface area contributed by atoms with Crippen molar-refractivity contribution in [1.29, 1.82) is 15.8 Å². The quantitative estimate of drug-likeness (QED) is 0.853. The molecule has 0 spiro atoms. The summed E-state index contributed by atoms with van der Waals surface area (Å²) in [7, 11) is 0. The van der Waals surface area contributed by atoms with Crippen molar-refractivity contribution in [2.24, 2.45) is 0 Å². The van der Waals surface area contributed by atoms with Crippen molar-refractivity contribution in [2.75, 3.05) is 5.32 Å². The van der Waals surface area contributed by atoms with Crippen LogP contribution < -0.4 is 5.32 Å². The van der Waals surface area contributed by atoms with Crippen molar-refractivity contribution in [3.05, 3.63) is 65.6 Å². The highest BCUT2D eigenvalue weighted by molar-refractivity contribution is 7.99. The van der Waals surface area contributed by atoms with Crippen molar-refractivity contribution < 1.29 is 4.39 Å². The van der Waals surface area contributed by atoms with E-state index in [1.807, 2.05) is 12.1 Å².